The molecule has 5 nitrogen and oxygen atoms in total. The summed E-state index contributed by atoms with van der Waals surface area (Å²) in [4.78, 5) is 25.5. The first-order valence-electron chi connectivity index (χ1n) is 5.91. The Balaban J connectivity index is 2.27. The number of aromatic nitrogens is 2. The normalized spacial score (nSPS) is 11.0. The minimum atomic E-state index is -1.08. The van der Waals surface area contributed by atoms with Gasteiger partial charge in [-0.2, -0.15) is 0 Å². The number of aromatic amines is 1. The molecule has 0 fully saturated rings. The van der Waals surface area contributed by atoms with Crippen LogP contribution in [0.25, 0.3) is 16.7 Å². The van der Waals surface area contributed by atoms with Crippen molar-refractivity contribution in [2.45, 2.75) is 0 Å². The van der Waals surface area contributed by atoms with Gasteiger partial charge in [0.25, 0.3) is 0 Å². The van der Waals surface area contributed by atoms with E-state index in [0.717, 1.165) is 0 Å². The number of carboxylic acid groups (broad SMARTS) is 1. The molecule has 21 heavy (non-hydrogen) atoms. The maximum atomic E-state index is 13.6. The van der Waals surface area contributed by atoms with Crippen LogP contribution in [0.3, 0.4) is 0 Å². The molecule has 2 N–H and O–H groups in total. The maximum absolute atomic E-state index is 13.6. The first kappa shape index (κ1) is 13.6. The van der Waals surface area contributed by atoms with Gasteiger partial charge < -0.3 is 10.1 Å². The Morgan fingerprint density at radius 2 is 2.00 bits per heavy atom. The summed E-state index contributed by atoms with van der Waals surface area (Å²) in [7, 11) is 0. The zero-order chi connectivity index (χ0) is 15.1. The van der Waals surface area contributed by atoms with Crippen molar-refractivity contribution in [2.24, 2.45) is 0 Å². The molecule has 0 radical (unpaired) electrons. The van der Waals surface area contributed by atoms with E-state index >= 15 is 0 Å². The second kappa shape index (κ2) is 4.85. The number of carboxylic acids is 1. The zero-order valence-electron chi connectivity index (χ0n) is 10.4. The van der Waals surface area contributed by atoms with E-state index in [2.05, 4.69) is 20.9 Å². The molecule has 0 aliphatic carbocycles. The van der Waals surface area contributed by atoms with Gasteiger partial charge in [-0.1, -0.05) is 0 Å². The molecule has 0 amide bonds. The Bertz CT molecular complexity index is 930. The Labute approximate surface area is 125 Å². The third-order valence-electron chi connectivity index (χ3n) is 3.09. The Hall–Kier alpha value is -2.41. The van der Waals surface area contributed by atoms with Crippen LogP contribution in [0.1, 0.15) is 10.4 Å². The molecule has 1 aromatic heterocycles. The fraction of sp³-hybridized carbons (Fsp3) is 0. The SMILES string of the molecule is O=C(O)c1ccc2c(c1)[nH]c(=O)n2-c1ccc(Br)c(F)c1. The molecule has 0 bridgehead atoms. The number of halogens is 2. The van der Waals surface area contributed by atoms with Gasteiger partial charge in [0.2, 0.25) is 0 Å². The van der Waals surface area contributed by atoms with Crippen molar-refractivity contribution in [3.05, 3.63) is 62.7 Å². The summed E-state index contributed by atoms with van der Waals surface area (Å²) in [5, 5.41) is 8.95. The summed E-state index contributed by atoms with van der Waals surface area (Å²) in [6.45, 7) is 0. The average Bonchev–Trinajstić information content (AvgIpc) is 2.76. The van der Waals surface area contributed by atoms with Gasteiger partial charge >= 0.3 is 11.7 Å². The van der Waals surface area contributed by atoms with Gasteiger partial charge in [-0.15, -0.1) is 0 Å². The van der Waals surface area contributed by atoms with Gasteiger partial charge in [0.05, 0.1) is 26.8 Å². The van der Waals surface area contributed by atoms with Crippen molar-refractivity contribution < 1.29 is 14.3 Å². The van der Waals surface area contributed by atoms with E-state index in [-0.39, 0.29) is 5.56 Å². The summed E-state index contributed by atoms with van der Waals surface area (Å²) < 4.78 is 15.2. The number of nitrogens with zero attached hydrogens (tertiary/aromatic N) is 1. The van der Waals surface area contributed by atoms with Gasteiger partial charge in [-0.25, -0.2) is 14.0 Å². The quantitative estimate of drug-likeness (QED) is 0.746. The lowest BCUT2D eigenvalue weighted by Crippen LogP contribution is -2.14. The number of fused-ring (bicyclic) bond motifs is 1. The number of H-pyrrole nitrogens is 1. The van der Waals surface area contributed by atoms with Crippen LogP contribution in [0.2, 0.25) is 0 Å². The minimum absolute atomic E-state index is 0.0675. The standard InChI is InChI=1S/C14H8BrFN2O3/c15-9-3-2-8(6-10(9)16)18-12-4-1-7(13(19)20)5-11(12)17-14(18)21/h1-6H,(H,17,21)(H,19,20). The van der Waals surface area contributed by atoms with Crippen molar-refractivity contribution in [1.82, 2.24) is 9.55 Å². The van der Waals surface area contributed by atoms with Crippen molar-refractivity contribution in [3.63, 3.8) is 0 Å². The number of imidazole rings is 1. The monoisotopic (exact) mass is 350 g/mol. The first-order chi connectivity index (χ1) is 9.97. The molecule has 106 valence electrons. The molecule has 2 aromatic carbocycles. The number of nitrogens with one attached hydrogen (secondary N) is 1. The second-order valence-corrected chi connectivity index (χ2v) is 5.26. The Morgan fingerprint density at radius 1 is 1.24 bits per heavy atom. The lowest BCUT2D eigenvalue weighted by molar-refractivity contribution is 0.0697. The van der Waals surface area contributed by atoms with Crippen LogP contribution in [0.15, 0.2) is 45.7 Å². The highest BCUT2D eigenvalue weighted by Crippen LogP contribution is 2.21. The predicted molar refractivity (Wildman–Crippen MR) is 78.5 cm³/mol. The summed E-state index contributed by atoms with van der Waals surface area (Å²) >= 11 is 3.05. The molecule has 0 saturated carbocycles. The molecule has 0 saturated heterocycles. The summed E-state index contributed by atoms with van der Waals surface area (Å²) in [5.41, 5.74) is 0.817. The van der Waals surface area contributed by atoms with E-state index in [4.69, 9.17) is 5.11 Å². The molecular formula is C14H8BrFN2O3. The van der Waals surface area contributed by atoms with Crippen LogP contribution in [0.4, 0.5) is 4.39 Å². The van der Waals surface area contributed by atoms with Crippen molar-refractivity contribution in [1.29, 1.82) is 0 Å². The molecule has 0 spiro atoms. The van der Waals surface area contributed by atoms with E-state index in [9.17, 15) is 14.0 Å². The minimum Gasteiger partial charge on any atom is -0.478 e. The van der Waals surface area contributed by atoms with Crippen molar-refractivity contribution in [3.8, 4) is 5.69 Å². The average molecular weight is 351 g/mol. The van der Waals surface area contributed by atoms with Crippen LogP contribution in [0, 0.1) is 5.82 Å². The summed E-state index contributed by atoms with van der Waals surface area (Å²) in [5.74, 6) is -1.57. The zero-order valence-corrected chi connectivity index (χ0v) is 12.0. The second-order valence-electron chi connectivity index (χ2n) is 4.40. The van der Waals surface area contributed by atoms with E-state index in [1.165, 1.54) is 34.9 Å². The fourth-order valence-corrected chi connectivity index (χ4v) is 2.37. The maximum Gasteiger partial charge on any atom is 0.335 e. The number of rotatable bonds is 2. The van der Waals surface area contributed by atoms with Crippen molar-refractivity contribution >= 4 is 32.9 Å². The van der Waals surface area contributed by atoms with Gasteiger partial charge in [0.1, 0.15) is 5.82 Å². The molecule has 0 atom stereocenters. The van der Waals surface area contributed by atoms with E-state index in [1.54, 1.807) is 6.07 Å². The Kier molecular flexibility index (Phi) is 3.13. The molecule has 0 unspecified atom stereocenters. The molecule has 1 heterocycles. The fourth-order valence-electron chi connectivity index (χ4n) is 2.13. The van der Waals surface area contributed by atoms with Crippen LogP contribution in [-0.4, -0.2) is 20.6 Å². The van der Waals surface area contributed by atoms with Crippen molar-refractivity contribution in [2.75, 3.05) is 0 Å². The molecule has 0 aliphatic rings. The number of carbonyl (C=O) groups is 1. The molecular weight excluding hydrogens is 343 g/mol. The summed E-state index contributed by atoms with van der Waals surface area (Å²) in [6.07, 6.45) is 0. The lowest BCUT2D eigenvalue weighted by atomic mass is 10.2. The molecule has 7 heteroatoms. The summed E-state index contributed by atoms with van der Waals surface area (Å²) in [6, 6.07) is 8.59. The van der Waals surface area contributed by atoms with E-state index in [0.29, 0.717) is 21.2 Å². The smallest absolute Gasteiger partial charge is 0.335 e. The molecule has 3 aromatic rings. The number of aromatic carboxylic acids is 1. The molecule has 0 aliphatic heterocycles. The Morgan fingerprint density at radius 3 is 2.67 bits per heavy atom. The third kappa shape index (κ3) is 2.25. The molecule has 3 rings (SSSR count). The van der Waals surface area contributed by atoms with Gasteiger partial charge in [0.15, 0.2) is 0 Å². The largest absolute Gasteiger partial charge is 0.478 e. The first-order valence-corrected chi connectivity index (χ1v) is 6.70. The highest BCUT2D eigenvalue weighted by molar-refractivity contribution is 9.10. The number of hydrogen-bond donors (Lipinski definition) is 2. The highest BCUT2D eigenvalue weighted by Gasteiger charge is 2.12. The van der Waals surface area contributed by atoms with Crippen LogP contribution in [0.5, 0.6) is 0 Å². The van der Waals surface area contributed by atoms with Gasteiger partial charge in [-0.3, -0.25) is 4.57 Å². The highest BCUT2D eigenvalue weighted by atomic mass is 79.9. The van der Waals surface area contributed by atoms with Gasteiger partial charge in [0, 0.05) is 0 Å². The third-order valence-corrected chi connectivity index (χ3v) is 3.73. The predicted octanol–water partition coefficient (Wildman–Crippen LogP) is 2.92. The van der Waals surface area contributed by atoms with Crippen LogP contribution >= 0.6 is 15.9 Å². The van der Waals surface area contributed by atoms with Gasteiger partial charge in [-0.05, 0) is 52.3 Å². The van der Waals surface area contributed by atoms with E-state index < -0.39 is 17.5 Å². The van der Waals surface area contributed by atoms with Crippen LogP contribution in [-0.2, 0) is 0 Å². The topological polar surface area (TPSA) is 75.1 Å². The lowest BCUT2D eigenvalue weighted by Gasteiger charge is -2.04. The number of benzene rings is 2. The van der Waals surface area contributed by atoms with Crippen LogP contribution < -0.4 is 5.69 Å². The van der Waals surface area contributed by atoms with E-state index in [1.807, 2.05) is 0 Å². The number of hydrogen-bond acceptors (Lipinski definition) is 2.